The van der Waals surface area contributed by atoms with E-state index < -0.39 is 47.6 Å². The Bertz CT molecular complexity index is 735. The second-order valence-corrected chi connectivity index (χ2v) is 7.80. The highest BCUT2D eigenvalue weighted by Gasteiger charge is 2.59. The minimum atomic E-state index is -0.982. The van der Waals surface area contributed by atoms with E-state index in [0.29, 0.717) is 5.69 Å². The molecule has 0 bridgehead atoms. The van der Waals surface area contributed by atoms with Gasteiger partial charge in [-0.1, -0.05) is 0 Å². The van der Waals surface area contributed by atoms with Crippen molar-refractivity contribution in [1.29, 1.82) is 0 Å². The lowest BCUT2D eigenvalue weighted by Crippen LogP contribution is -2.40. The molecule has 138 valence electrons. The van der Waals surface area contributed by atoms with Crippen LogP contribution in [0.2, 0.25) is 0 Å². The first kappa shape index (κ1) is 18.0. The van der Waals surface area contributed by atoms with Crippen molar-refractivity contribution in [1.82, 2.24) is 9.55 Å². The standard InChI is InChI=1S/C17H24N2O6/c1-9-7-8-19(15(21)18-9)13-11-10(23-17(5,6)24-11)12(22-13)14(20)25-16(2,3)4/h7-8,10-13H,1-6H3. The molecule has 2 aliphatic heterocycles. The SMILES string of the molecule is Cc1ccn(C2OC(C(=O)OC(C)(C)C)C3OC(C)(C)OC32)c(=O)n1. The fourth-order valence-corrected chi connectivity index (χ4v) is 3.04. The lowest BCUT2D eigenvalue weighted by atomic mass is 10.1. The van der Waals surface area contributed by atoms with Crippen LogP contribution in [0.3, 0.4) is 0 Å². The molecule has 8 nitrogen and oxygen atoms in total. The van der Waals surface area contributed by atoms with E-state index in [-0.39, 0.29) is 0 Å². The highest BCUT2D eigenvalue weighted by molar-refractivity contribution is 5.76. The lowest BCUT2D eigenvalue weighted by Gasteiger charge is -2.26. The molecule has 0 saturated carbocycles. The Morgan fingerprint density at radius 2 is 1.92 bits per heavy atom. The summed E-state index contributed by atoms with van der Waals surface area (Å²) in [5, 5.41) is 0. The second kappa shape index (κ2) is 5.89. The maximum atomic E-state index is 12.5. The van der Waals surface area contributed by atoms with Crippen molar-refractivity contribution >= 4 is 5.97 Å². The monoisotopic (exact) mass is 352 g/mol. The summed E-state index contributed by atoms with van der Waals surface area (Å²) in [7, 11) is 0. The predicted molar refractivity (Wildman–Crippen MR) is 86.8 cm³/mol. The molecule has 25 heavy (non-hydrogen) atoms. The summed E-state index contributed by atoms with van der Waals surface area (Å²) >= 11 is 0. The molecule has 4 unspecified atom stereocenters. The Morgan fingerprint density at radius 1 is 1.28 bits per heavy atom. The first-order valence-electron chi connectivity index (χ1n) is 8.27. The van der Waals surface area contributed by atoms with E-state index in [4.69, 9.17) is 18.9 Å². The highest BCUT2D eigenvalue weighted by atomic mass is 16.8. The average Bonchev–Trinajstić information content (AvgIpc) is 2.90. The normalized spacial score (nSPS) is 31.0. The molecule has 0 aliphatic carbocycles. The second-order valence-electron chi connectivity index (χ2n) is 7.80. The molecule has 1 aromatic rings. The minimum Gasteiger partial charge on any atom is -0.458 e. The third-order valence-corrected chi connectivity index (χ3v) is 3.91. The topological polar surface area (TPSA) is 88.9 Å². The van der Waals surface area contributed by atoms with Crippen LogP contribution in [0.25, 0.3) is 0 Å². The number of esters is 1. The van der Waals surface area contributed by atoms with Gasteiger partial charge in [0, 0.05) is 11.9 Å². The first-order valence-corrected chi connectivity index (χ1v) is 8.27. The lowest BCUT2D eigenvalue weighted by molar-refractivity contribution is -0.208. The molecule has 3 rings (SSSR count). The van der Waals surface area contributed by atoms with Crippen LogP contribution in [0, 0.1) is 6.92 Å². The smallest absolute Gasteiger partial charge is 0.349 e. The van der Waals surface area contributed by atoms with Crippen LogP contribution in [-0.4, -0.2) is 45.2 Å². The van der Waals surface area contributed by atoms with Crippen LogP contribution in [0.4, 0.5) is 0 Å². The molecule has 2 fully saturated rings. The number of rotatable bonds is 2. The van der Waals surface area contributed by atoms with E-state index in [9.17, 15) is 9.59 Å². The maximum absolute atomic E-state index is 12.5. The van der Waals surface area contributed by atoms with Crippen LogP contribution in [0.15, 0.2) is 17.1 Å². The Balaban J connectivity index is 1.93. The third-order valence-electron chi connectivity index (χ3n) is 3.91. The van der Waals surface area contributed by atoms with Crippen molar-refractivity contribution in [3.05, 3.63) is 28.4 Å². The fraction of sp³-hybridized carbons (Fsp3) is 0.706. The molecule has 0 aromatic carbocycles. The van der Waals surface area contributed by atoms with Gasteiger partial charge in [0.2, 0.25) is 0 Å². The van der Waals surface area contributed by atoms with Crippen molar-refractivity contribution in [3.63, 3.8) is 0 Å². The molecule has 1 aromatic heterocycles. The quantitative estimate of drug-likeness (QED) is 0.741. The molecular formula is C17H24N2O6. The Kier molecular flexibility index (Phi) is 4.25. The number of fused-ring (bicyclic) bond motifs is 1. The first-order chi connectivity index (χ1) is 11.5. The molecular weight excluding hydrogens is 328 g/mol. The molecule has 0 N–H and O–H groups in total. The Morgan fingerprint density at radius 3 is 2.52 bits per heavy atom. The minimum absolute atomic E-state index is 0.470. The number of carbonyl (C=O) groups excluding carboxylic acids is 1. The van der Waals surface area contributed by atoms with Gasteiger partial charge in [0.1, 0.15) is 17.8 Å². The van der Waals surface area contributed by atoms with Crippen molar-refractivity contribution in [2.45, 2.75) is 77.5 Å². The van der Waals surface area contributed by atoms with Gasteiger partial charge in [0.25, 0.3) is 0 Å². The zero-order chi connectivity index (χ0) is 18.6. The van der Waals surface area contributed by atoms with E-state index in [0.717, 1.165) is 0 Å². The average molecular weight is 352 g/mol. The fourth-order valence-electron chi connectivity index (χ4n) is 3.04. The largest absolute Gasteiger partial charge is 0.458 e. The number of ether oxygens (including phenoxy) is 4. The summed E-state index contributed by atoms with van der Waals surface area (Å²) in [6, 6.07) is 1.70. The van der Waals surface area contributed by atoms with E-state index in [1.54, 1.807) is 53.8 Å². The highest BCUT2D eigenvalue weighted by Crippen LogP contribution is 2.43. The summed E-state index contributed by atoms with van der Waals surface area (Å²) in [6.45, 7) is 10.6. The number of aryl methyl sites for hydroxylation is 1. The van der Waals surface area contributed by atoms with Crippen LogP contribution in [0.5, 0.6) is 0 Å². The molecule has 2 saturated heterocycles. The molecule has 3 heterocycles. The van der Waals surface area contributed by atoms with Gasteiger partial charge in [0.15, 0.2) is 18.1 Å². The number of hydrogen-bond acceptors (Lipinski definition) is 7. The molecule has 4 atom stereocenters. The van der Waals surface area contributed by atoms with Gasteiger partial charge in [-0.3, -0.25) is 4.57 Å². The molecule has 8 heteroatoms. The van der Waals surface area contributed by atoms with E-state index in [2.05, 4.69) is 4.98 Å². The maximum Gasteiger partial charge on any atom is 0.349 e. The summed E-state index contributed by atoms with van der Waals surface area (Å²) in [6.07, 6.45) is -1.50. The van der Waals surface area contributed by atoms with Crippen molar-refractivity contribution in [2.24, 2.45) is 0 Å². The number of aromatic nitrogens is 2. The Labute approximate surface area is 146 Å². The molecule has 0 spiro atoms. The van der Waals surface area contributed by atoms with E-state index in [1.165, 1.54) is 4.57 Å². The van der Waals surface area contributed by atoms with Gasteiger partial charge >= 0.3 is 11.7 Å². The molecule has 0 radical (unpaired) electrons. The van der Waals surface area contributed by atoms with Gasteiger partial charge in [-0.05, 0) is 47.6 Å². The Hall–Kier alpha value is -1.77. The van der Waals surface area contributed by atoms with E-state index >= 15 is 0 Å². The van der Waals surface area contributed by atoms with Crippen LogP contribution >= 0.6 is 0 Å². The summed E-state index contributed by atoms with van der Waals surface area (Å²) in [5.41, 5.74) is -0.532. The van der Waals surface area contributed by atoms with Crippen LogP contribution in [0.1, 0.15) is 46.5 Å². The van der Waals surface area contributed by atoms with Crippen molar-refractivity contribution in [2.75, 3.05) is 0 Å². The summed E-state index contributed by atoms with van der Waals surface area (Å²) in [4.78, 5) is 28.7. The van der Waals surface area contributed by atoms with Gasteiger partial charge in [0.05, 0.1) is 0 Å². The van der Waals surface area contributed by atoms with Gasteiger partial charge in [-0.25, -0.2) is 9.59 Å². The zero-order valence-electron chi connectivity index (χ0n) is 15.3. The third kappa shape index (κ3) is 3.61. The van der Waals surface area contributed by atoms with Crippen LogP contribution in [-0.2, 0) is 23.7 Å². The van der Waals surface area contributed by atoms with Crippen molar-refractivity contribution < 1.29 is 23.7 Å². The number of carbonyl (C=O) groups is 1. The number of nitrogens with zero attached hydrogens (tertiary/aromatic N) is 2. The molecule has 2 aliphatic rings. The van der Waals surface area contributed by atoms with E-state index in [1.807, 2.05) is 0 Å². The van der Waals surface area contributed by atoms with Crippen molar-refractivity contribution in [3.8, 4) is 0 Å². The molecule has 0 amide bonds. The van der Waals surface area contributed by atoms with Gasteiger partial charge < -0.3 is 18.9 Å². The predicted octanol–water partition coefficient (Wildman–Crippen LogP) is 1.31. The summed E-state index contributed by atoms with van der Waals surface area (Å²) < 4.78 is 24.3. The van der Waals surface area contributed by atoms with Gasteiger partial charge in [-0.15, -0.1) is 0 Å². The number of hydrogen-bond donors (Lipinski definition) is 0. The summed E-state index contributed by atoms with van der Waals surface area (Å²) in [5.74, 6) is -1.43. The van der Waals surface area contributed by atoms with Crippen LogP contribution < -0.4 is 5.69 Å². The van der Waals surface area contributed by atoms with Gasteiger partial charge in [-0.2, -0.15) is 4.98 Å². The zero-order valence-corrected chi connectivity index (χ0v) is 15.3.